The molecule has 22 heavy (non-hydrogen) atoms. The Balaban J connectivity index is 1.94. The Kier molecular flexibility index (Phi) is 4.75. The minimum atomic E-state index is -1.09. The van der Waals surface area contributed by atoms with E-state index in [9.17, 15) is 13.6 Å². The number of carbonyl (C=O) groups excluding carboxylic acids is 1. The molecule has 0 radical (unpaired) electrons. The van der Waals surface area contributed by atoms with E-state index in [4.69, 9.17) is 4.52 Å². The molecule has 0 saturated carbocycles. The Hall–Kier alpha value is -2.44. The lowest BCUT2D eigenvalue weighted by Gasteiger charge is -2.13. The van der Waals surface area contributed by atoms with Gasteiger partial charge < -0.3 is 15.2 Å². The number of aryl methyl sites for hydroxylation is 2. The second-order valence-corrected chi connectivity index (χ2v) is 5.08. The Morgan fingerprint density at radius 2 is 2.09 bits per heavy atom. The van der Waals surface area contributed by atoms with E-state index in [0.717, 1.165) is 17.3 Å². The maximum atomic E-state index is 13.5. The number of anilines is 1. The quantitative estimate of drug-likeness (QED) is 0.908. The van der Waals surface area contributed by atoms with Crippen molar-refractivity contribution in [2.75, 3.05) is 11.9 Å². The van der Waals surface area contributed by atoms with E-state index < -0.39 is 17.7 Å². The van der Waals surface area contributed by atoms with E-state index in [1.807, 2.05) is 13.8 Å². The van der Waals surface area contributed by atoms with Gasteiger partial charge in [-0.05, 0) is 26.0 Å². The number of nitrogens with one attached hydrogen (secondary N) is 2. The van der Waals surface area contributed by atoms with Crippen LogP contribution in [0.25, 0.3) is 0 Å². The van der Waals surface area contributed by atoms with Crippen molar-refractivity contribution >= 4 is 11.7 Å². The first kappa shape index (κ1) is 15.9. The Bertz CT molecular complexity index is 666. The minimum absolute atomic E-state index is 0.0191. The van der Waals surface area contributed by atoms with Crippen molar-refractivity contribution in [3.05, 3.63) is 46.9 Å². The fourth-order valence-corrected chi connectivity index (χ4v) is 2.31. The fourth-order valence-electron chi connectivity index (χ4n) is 2.31. The van der Waals surface area contributed by atoms with Crippen LogP contribution in [0.4, 0.5) is 19.3 Å². The molecule has 1 atom stereocenters. The first-order chi connectivity index (χ1) is 10.4. The Morgan fingerprint density at radius 1 is 1.36 bits per heavy atom. The monoisotopic (exact) mass is 309 g/mol. The Labute approximate surface area is 126 Å². The molecule has 1 aromatic heterocycles. The molecular weight excluding hydrogens is 292 g/mol. The van der Waals surface area contributed by atoms with Gasteiger partial charge in [-0.3, -0.25) is 0 Å². The number of carbonyl (C=O) groups is 1. The predicted octanol–water partition coefficient (Wildman–Crippen LogP) is 3.49. The molecule has 5 nitrogen and oxygen atoms in total. The molecule has 0 fully saturated rings. The van der Waals surface area contributed by atoms with E-state index in [1.165, 1.54) is 12.1 Å². The van der Waals surface area contributed by atoms with Gasteiger partial charge in [0.2, 0.25) is 0 Å². The molecule has 2 rings (SSSR count). The van der Waals surface area contributed by atoms with E-state index in [0.29, 0.717) is 12.3 Å². The molecule has 0 bridgehead atoms. The summed E-state index contributed by atoms with van der Waals surface area (Å²) < 4.78 is 31.6. The van der Waals surface area contributed by atoms with Gasteiger partial charge in [0.1, 0.15) is 5.76 Å². The minimum Gasteiger partial charge on any atom is -0.361 e. The number of amides is 2. The molecule has 2 aromatic rings. The highest BCUT2D eigenvalue weighted by Gasteiger charge is 2.17. The van der Waals surface area contributed by atoms with Gasteiger partial charge in [0.05, 0.1) is 11.4 Å². The second kappa shape index (κ2) is 6.55. The van der Waals surface area contributed by atoms with Gasteiger partial charge in [0.25, 0.3) is 0 Å². The second-order valence-electron chi connectivity index (χ2n) is 5.08. The molecule has 2 N–H and O–H groups in total. The number of hydrogen-bond acceptors (Lipinski definition) is 3. The summed E-state index contributed by atoms with van der Waals surface area (Å²) in [5.41, 5.74) is 1.49. The van der Waals surface area contributed by atoms with Crippen LogP contribution in [-0.2, 0) is 0 Å². The van der Waals surface area contributed by atoms with Crippen LogP contribution in [0.15, 0.2) is 22.7 Å². The highest BCUT2D eigenvalue weighted by molar-refractivity contribution is 5.89. The lowest BCUT2D eigenvalue weighted by Crippen LogP contribution is -2.32. The summed E-state index contributed by atoms with van der Waals surface area (Å²) in [5, 5.41) is 8.75. The molecule has 7 heteroatoms. The van der Waals surface area contributed by atoms with Gasteiger partial charge in [-0.1, -0.05) is 18.1 Å². The molecule has 2 amide bonds. The first-order valence-corrected chi connectivity index (χ1v) is 6.81. The largest absolute Gasteiger partial charge is 0.361 e. The molecule has 0 aliphatic rings. The summed E-state index contributed by atoms with van der Waals surface area (Å²) in [6, 6.07) is 2.98. The zero-order valence-corrected chi connectivity index (χ0v) is 12.5. The van der Waals surface area contributed by atoms with Gasteiger partial charge in [-0.2, -0.15) is 0 Å². The van der Waals surface area contributed by atoms with Crippen LogP contribution in [-0.4, -0.2) is 17.7 Å². The molecule has 1 aromatic carbocycles. The third-order valence-electron chi connectivity index (χ3n) is 3.35. The van der Waals surface area contributed by atoms with Crippen LogP contribution in [0.5, 0.6) is 0 Å². The van der Waals surface area contributed by atoms with Crippen molar-refractivity contribution in [3.8, 4) is 0 Å². The van der Waals surface area contributed by atoms with E-state index in [1.54, 1.807) is 6.92 Å². The van der Waals surface area contributed by atoms with Crippen molar-refractivity contribution in [3.63, 3.8) is 0 Å². The summed E-state index contributed by atoms with van der Waals surface area (Å²) in [7, 11) is 0. The topological polar surface area (TPSA) is 67.2 Å². The molecule has 0 aliphatic carbocycles. The fraction of sp³-hybridized carbons (Fsp3) is 0.333. The zero-order chi connectivity index (χ0) is 16.3. The number of hydrogen-bond donors (Lipinski definition) is 2. The van der Waals surface area contributed by atoms with Crippen molar-refractivity contribution in [1.29, 1.82) is 0 Å². The molecule has 118 valence electrons. The van der Waals surface area contributed by atoms with Crippen LogP contribution in [0.3, 0.4) is 0 Å². The van der Waals surface area contributed by atoms with E-state index in [2.05, 4.69) is 15.8 Å². The zero-order valence-electron chi connectivity index (χ0n) is 12.5. The highest BCUT2D eigenvalue weighted by atomic mass is 19.2. The summed E-state index contributed by atoms with van der Waals surface area (Å²) >= 11 is 0. The standard InChI is InChI=1S/C15H17F2N3O2/c1-8(13-9(2)20-22-10(13)3)7-18-15(21)19-12-6-4-5-11(16)14(12)17/h4-6,8H,7H2,1-3H3,(H2,18,19,21)/t8-/m1/s1. The lowest BCUT2D eigenvalue weighted by atomic mass is 10.00. The summed E-state index contributed by atoms with van der Waals surface area (Å²) in [6.07, 6.45) is 0. The van der Waals surface area contributed by atoms with Crippen molar-refractivity contribution in [2.24, 2.45) is 0 Å². The third-order valence-corrected chi connectivity index (χ3v) is 3.35. The van der Waals surface area contributed by atoms with Gasteiger partial charge in [0.15, 0.2) is 11.6 Å². The van der Waals surface area contributed by atoms with Gasteiger partial charge >= 0.3 is 6.03 Å². The molecule has 0 spiro atoms. The smallest absolute Gasteiger partial charge is 0.319 e. The average molecular weight is 309 g/mol. The SMILES string of the molecule is Cc1noc(C)c1[C@H](C)CNC(=O)Nc1cccc(F)c1F. The molecule has 0 unspecified atom stereocenters. The van der Waals surface area contributed by atoms with Crippen LogP contribution >= 0.6 is 0 Å². The molecule has 0 aliphatic heterocycles. The van der Waals surface area contributed by atoms with Gasteiger partial charge in [-0.15, -0.1) is 0 Å². The highest BCUT2D eigenvalue weighted by Crippen LogP contribution is 2.22. The summed E-state index contributed by atoms with van der Waals surface area (Å²) in [4.78, 5) is 11.8. The predicted molar refractivity (Wildman–Crippen MR) is 77.8 cm³/mol. The normalized spacial score (nSPS) is 12.0. The first-order valence-electron chi connectivity index (χ1n) is 6.81. The van der Waals surface area contributed by atoms with Crippen LogP contribution in [0.2, 0.25) is 0 Å². The van der Waals surface area contributed by atoms with Crippen molar-refractivity contribution in [1.82, 2.24) is 10.5 Å². The van der Waals surface area contributed by atoms with E-state index in [-0.39, 0.29) is 11.6 Å². The van der Waals surface area contributed by atoms with Crippen molar-refractivity contribution in [2.45, 2.75) is 26.7 Å². The maximum Gasteiger partial charge on any atom is 0.319 e. The average Bonchev–Trinajstić information content (AvgIpc) is 2.81. The third kappa shape index (κ3) is 3.41. The number of nitrogens with zero attached hydrogens (tertiary/aromatic N) is 1. The number of rotatable bonds is 4. The van der Waals surface area contributed by atoms with Crippen LogP contribution in [0.1, 0.15) is 29.9 Å². The van der Waals surface area contributed by atoms with Crippen molar-refractivity contribution < 1.29 is 18.1 Å². The van der Waals surface area contributed by atoms with E-state index >= 15 is 0 Å². The molecular formula is C15H17F2N3O2. The van der Waals surface area contributed by atoms with Gasteiger partial charge in [0, 0.05) is 18.0 Å². The lowest BCUT2D eigenvalue weighted by molar-refractivity contribution is 0.251. The number of urea groups is 1. The Morgan fingerprint density at radius 3 is 2.73 bits per heavy atom. The maximum absolute atomic E-state index is 13.5. The number of halogens is 2. The number of benzene rings is 1. The summed E-state index contributed by atoms with van der Waals surface area (Å²) in [6.45, 7) is 5.85. The molecule has 1 heterocycles. The molecule has 0 saturated heterocycles. The summed E-state index contributed by atoms with van der Waals surface area (Å²) in [5.74, 6) is -1.42. The van der Waals surface area contributed by atoms with Crippen LogP contribution < -0.4 is 10.6 Å². The number of aromatic nitrogens is 1. The van der Waals surface area contributed by atoms with Crippen LogP contribution in [0, 0.1) is 25.5 Å². The van der Waals surface area contributed by atoms with Gasteiger partial charge in [-0.25, -0.2) is 13.6 Å².